The van der Waals surface area contributed by atoms with Gasteiger partial charge in [-0.25, -0.2) is 0 Å². The van der Waals surface area contributed by atoms with Crippen LogP contribution in [-0.4, -0.2) is 34.9 Å². The molecule has 0 bridgehead atoms. The zero-order valence-corrected chi connectivity index (χ0v) is 12.4. The molecule has 5 heteroatoms. The molecular weight excluding hydrogens is 272 g/mol. The molecule has 0 fully saturated rings. The summed E-state index contributed by atoms with van der Waals surface area (Å²) in [6.07, 6.45) is -0.715. The van der Waals surface area contributed by atoms with E-state index in [4.69, 9.17) is 9.84 Å². The molecule has 0 aliphatic rings. The van der Waals surface area contributed by atoms with Gasteiger partial charge in [0.05, 0.1) is 25.0 Å². The number of aryl methyl sites for hydroxylation is 1. The lowest BCUT2D eigenvalue weighted by Crippen LogP contribution is -2.23. The lowest BCUT2D eigenvalue weighted by Gasteiger charge is -2.19. The molecule has 0 spiro atoms. The maximum atomic E-state index is 12.2. The number of hydrogen-bond acceptors (Lipinski definition) is 4. The Hall–Kier alpha value is -1.88. The number of carbonyl (C=O) groups is 2. The second-order valence-corrected chi connectivity index (χ2v) is 5.12. The summed E-state index contributed by atoms with van der Waals surface area (Å²) in [5.74, 6) is -2.16. The molecule has 0 saturated heterocycles. The Morgan fingerprint density at radius 3 is 2.62 bits per heavy atom. The highest BCUT2D eigenvalue weighted by molar-refractivity contribution is 5.78. The van der Waals surface area contributed by atoms with Gasteiger partial charge in [-0.3, -0.25) is 9.59 Å². The summed E-state index contributed by atoms with van der Waals surface area (Å²) in [5.41, 5.74) is 1.73. The van der Waals surface area contributed by atoms with Crippen LogP contribution in [0.15, 0.2) is 24.3 Å². The molecule has 5 nitrogen and oxygen atoms in total. The molecule has 1 aromatic carbocycles. The molecule has 0 saturated carbocycles. The fourth-order valence-corrected chi connectivity index (χ4v) is 2.12. The Morgan fingerprint density at radius 1 is 1.33 bits per heavy atom. The van der Waals surface area contributed by atoms with Crippen molar-refractivity contribution in [3.63, 3.8) is 0 Å². The van der Waals surface area contributed by atoms with Crippen molar-refractivity contribution in [2.75, 3.05) is 6.61 Å². The lowest BCUT2D eigenvalue weighted by molar-refractivity contribution is -0.147. The summed E-state index contributed by atoms with van der Waals surface area (Å²) in [6.45, 7) is 4.12. The van der Waals surface area contributed by atoms with E-state index in [9.17, 15) is 14.7 Å². The minimum Gasteiger partial charge on any atom is -0.481 e. The normalized spacial score (nSPS) is 13.5. The predicted molar refractivity (Wildman–Crippen MR) is 78.0 cm³/mol. The predicted octanol–water partition coefficient (Wildman–Crippen LogP) is 2.26. The minimum atomic E-state index is -1.09. The van der Waals surface area contributed by atoms with Gasteiger partial charge >= 0.3 is 11.9 Å². The number of carbonyl (C=O) groups excluding carboxylic acids is 1. The molecule has 1 rings (SSSR count). The molecule has 2 N–H and O–H groups in total. The zero-order valence-electron chi connectivity index (χ0n) is 12.4. The SMILES string of the molecule is CCCOC(=O)C(CC(O)CC(=O)O)c1cccc(C)c1. The highest BCUT2D eigenvalue weighted by Gasteiger charge is 2.26. The first-order valence-electron chi connectivity index (χ1n) is 7.07. The maximum Gasteiger partial charge on any atom is 0.313 e. The van der Waals surface area contributed by atoms with Gasteiger partial charge in [-0.2, -0.15) is 0 Å². The number of carboxylic acids is 1. The molecule has 0 aliphatic heterocycles. The number of aliphatic hydroxyl groups excluding tert-OH is 1. The van der Waals surface area contributed by atoms with Gasteiger partial charge < -0.3 is 14.9 Å². The van der Waals surface area contributed by atoms with Crippen LogP contribution < -0.4 is 0 Å². The van der Waals surface area contributed by atoms with Crippen LogP contribution in [0, 0.1) is 6.92 Å². The van der Waals surface area contributed by atoms with E-state index in [-0.39, 0.29) is 12.8 Å². The number of benzene rings is 1. The Balaban J connectivity index is 2.88. The molecule has 0 heterocycles. The molecular formula is C16H22O5. The molecule has 0 radical (unpaired) electrons. The maximum absolute atomic E-state index is 12.2. The standard InChI is InChI=1S/C16H22O5/c1-3-7-21-16(20)14(9-13(17)10-15(18)19)12-6-4-5-11(2)8-12/h4-6,8,13-14,17H,3,7,9-10H2,1-2H3,(H,18,19). The molecule has 0 amide bonds. The van der Waals surface area contributed by atoms with Crippen molar-refractivity contribution < 1.29 is 24.5 Å². The van der Waals surface area contributed by atoms with Gasteiger partial charge in [0.1, 0.15) is 0 Å². The van der Waals surface area contributed by atoms with Crippen LogP contribution in [0.1, 0.15) is 43.2 Å². The monoisotopic (exact) mass is 294 g/mol. The van der Waals surface area contributed by atoms with Crippen molar-refractivity contribution in [2.45, 2.75) is 45.1 Å². The number of hydrogen-bond donors (Lipinski definition) is 2. The number of aliphatic hydroxyl groups is 1. The van der Waals surface area contributed by atoms with E-state index in [0.29, 0.717) is 13.0 Å². The second-order valence-electron chi connectivity index (χ2n) is 5.12. The summed E-state index contributed by atoms with van der Waals surface area (Å²) in [5, 5.41) is 18.5. The van der Waals surface area contributed by atoms with E-state index in [1.54, 1.807) is 6.07 Å². The van der Waals surface area contributed by atoms with E-state index >= 15 is 0 Å². The molecule has 0 aliphatic carbocycles. The molecule has 21 heavy (non-hydrogen) atoms. The Bertz CT molecular complexity index is 483. The van der Waals surface area contributed by atoms with Gasteiger partial charge in [0.15, 0.2) is 0 Å². The third-order valence-corrected chi connectivity index (χ3v) is 3.10. The fraction of sp³-hybridized carbons (Fsp3) is 0.500. The average molecular weight is 294 g/mol. The summed E-state index contributed by atoms with van der Waals surface area (Å²) in [6, 6.07) is 7.38. The summed E-state index contributed by atoms with van der Waals surface area (Å²) < 4.78 is 5.16. The molecule has 0 aromatic heterocycles. The Kier molecular flexibility index (Phi) is 6.88. The van der Waals surface area contributed by atoms with Crippen molar-refractivity contribution in [3.8, 4) is 0 Å². The van der Waals surface area contributed by atoms with Crippen LogP contribution in [0.2, 0.25) is 0 Å². The van der Waals surface area contributed by atoms with Crippen LogP contribution in [0.25, 0.3) is 0 Å². The highest BCUT2D eigenvalue weighted by Crippen LogP contribution is 2.25. The van der Waals surface area contributed by atoms with Gasteiger partial charge in [0.25, 0.3) is 0 Å². The number of ether oxygens (including phenoxy) is 1. The zero-order chi connectivity index (χ0) is 15.8. The van der Waals surface area contributed by atoms with Crippen molar-refractivity contribution in [1.82, 2.24) is 0 Å². The number of rotatable bonds is 8. The fourth-order valence-electron chi connectivity index (χ4n) is 2.12. The molecule has 2 unspecified atom stereocenters. The topological polar surface area (TPSA) is 83.8 Å². The summed E-state index contributed by atoms with van der Waals surface area (Å²) in [4.78, 5) is 22.8. The van der Waals surface area contributed by atoms with E-state index < -0.39 is 24.0 Å². The van der Waals surface area contributed by atoms with E-state index in [1.807, 2.05) is 32.0 Å². The molecule has 2 atom stereocenters. The number of aliphatic carboxylic acids is 1. The Morgan fingerprint density at radius 2 is 2.05 bits per heavy atom. The summed E-state index contributed by atoms with van der Waals surface area (Å²) >= 11 is 0. The quantitative estimate of drug-likeness (QED) is 0.718. The van der Waals surface area contributed by atoms with Gasteiger partial charge in [-0.15, -0.1) is 0 Å². The van der Waals surface area contributed by atoms with Gasteiger partial charge in [-0.1, -0.05) is 36.8 Å². The first-order valence-corrected chi connectivity index (χ1v) is 7.07. The average Bonchev–Trinajstić information content (AvgIpc) is 2.41. The van der Waals surface area contributed by atoms with E-state index in [0.717, 1.165) is 11.1 Å². The van der Waals surface area contributed by atoms with Crippen LogP contribution in [0.3, 0.4) is 0 Å². The van der Waals surface area contributed by atoms with Crippen LogP contribution in [0.4, 0.5) is 0 Å². The number of esters is 1. The van der Waals surface area contributed by atoms with Crippen molar-refractivity contribution in [3.05, 3.63) is 35.4 Å². The smallest absolute Gasteiger partial charge is 0.313 e. The van der Waals surface area contributed by atoms with Crippen LogP contribution in [-0.2, 0) is 14.3 Å². The largest absolute Gasteiger partial charge is 0.481 e. The first-order chi connectivity index (χ1) is 9.93. The molecule has 116 valence electrons. The van der Waals surface area contributed by atoms with E-state index in [1.165, 1.54) is 0 Å². The molecule has 1 aromatic rings. The van der Waals surface area contributed by atoms with Crippen LogP contribution >= 0.6 is 0 Å². The number of carboxylic acid groups (broad SMARTS) is 1. The third-order valence-electron chi connectivity index (χ3n) is 3.10. The first kappa shape index (κ1) is 17.2. The highest BCUT2D eigenvalue weighted by atomic mass is 16.5. The van der Waals surface area contributed by atoms with E-state index in [2.05, 4.69) is 0 Å². The van der Waals surface area contributed by atoms with Crippen molar-refractivity contribution >= 4 is 11.9 Å². The van der Waals surface area contributed by atoms with Gasteiger partial charge in [0, 0.05) is 0 Å². The van der Waals surface area contributed by atoms with Crippen molar-refractivity contribution in [2.24, 2.45) is 0 Å². The van der Waals surface area contributed by atoms with Crippen molar-refractivity contribution in [1.29, 1.82) is 0 Å². The minimum absolute atomic E-state index is 0.0400. The van der Waals surface area contributed by atoms with Gasteiger partial charge in [0.2, 0.25) is 0 Å². The lowest BCUT2D eigenvalue weighted by atomic mass is 9.91. The van der Waals surface area contributed by atoms with Gasteiger partial charge in [-0.05, 0) is 25.3 Å². The summed E-state index contributed by atoms with van der Waals surface area (Å²) in [7, 11) is 0. The van der Waals surface area contributed by atoms with Crippen LogP contribution in [0.5, 0.6) is 0 Å². The third kappa shape index (κ3) is 5.95. The second kappa shape index (κ2) is 8.42. The Labute approximate surface area is 124 Å².